The van der Waals surface area contributed by atoms with Crippen LogP contribution in [-0.2, 0) is 14.9 Å². The Balaban J connectivity index is 1.57. The van der Waals surface area contributed by atoms with Gasteiger partial charge < -0.3 is 4.74 Å². The molecule has 0 aliphatic heterocycles. The van der Waals surface area contributed by atoms with E-state index in [9.17, 15) is 9.59 Å². The minimum absolute atomic E-state index is 0.0183. The Morgan fingerprint density at radius 1 is 1.00 bits per heavy atom. The number of para-hydroxylation sites is 2. The van der Waals surface area contributed by atoms with Gasteiger partial charge in [0.25, 0.3) is 0 Å². The van der Waals surface area contributed by atoms with Crippen LogP contribution in [0.4, 0.5) is 0 Å². The Labute approximate surface area is 164 Å². The Morgan fingerprint density at radius 2 is 1.68 bits per heavy atom. The van der Waals surface area contributed by atoms with E-state index in [2.05, 4.69) is 30.7 Å². The number of Topliss-reactive ketones (excluding diaryl/α,β-unsaturated/α-hetero) is 1. The van der Waals surface area contributed by atoms with Crippen molar-refractivity contribution in [1.29, 1.82) is 0 Å². The van der Waals surface area contributed by atoms with Crippen molar-refractivity contribution < 1.29 is 14.3 Å². The van der Waals surface area contributed by atoms with Gasteiger partial charge in [-0.3, -0.25) is 9.78 Å². The first kappa shape index (κ1) is 19.4. The van der Waals surface area contributed by atoms with Gasteiger partial charge in [0.2, 0.25) is 0 Å². The predicted octanol–water partition coefficient (Wildman–Crippen LogP) is 4.37. The number of benzene rings is 2. The van der Waals surface area contributed by atoms with Gasteiger partial charge >= 0.3 is 5.97 Å². The predicted molar refractivity (Wildman–Crippen MR) is 109 cm³/mol. The molecule has 0 atom stereocenters. The van der Waals surface area contributed by atoms with Crippen molar-refractivity contribution in [3.05, 3.63) is 77.6 Å². The summed E-state index contributed by atoms with van der Waals surface area (Å²) in [5.41, 5.74) is 3.74. The first-order valence-corrected chi connectivity index (χ1v) is 9.03. The van der Waals surface area contributed by atoms with Gasteiger partial charge in [-0.15, -0.1) is 0 Å². The van der Waals surface area contributed by atoms with Crippen molar-refractivity contribution in [1.82, 2.24) is 9.97 Å². The van der Waals surface area contributed by atoms with Gasteiger partial charge in [-0.25, -0.2) is 9.78 Å². The van der Waals surface area contributed by atoms with E-state index in [1.165, 1.54) is 12.2 Å². The fourth-order valence-corrected chi connectivity index (χ4v) is 2.63. The quantitative estimate of drug-likeness (QED) is 0.377. The summed E-state index contributed by atoms with van der Waals surface area (Å²) in [7, 11) is 0. The highest BCUT2D eigenvalue weighted by molar-refractivity contribution is 5.99. The van der Waals surface area contributed by atoms with E-state index in [4.69, 9.17) is 4.74 Å². The van der Waals surface area contributed by atoms with Gasteiger partial charge in [0.1, 0.15) is 0 Å². The van der Waals surface area contributed by atoms with Crippen LogP contribution in [0.25, 0.3) is 17.1 Å². The molecular formula is C23H22N2O3. The number of rotatable bonds is 5. The highest BCUT2D eigenvalue weighted by Gasteiger charge is 2.14. The maximum absolute atomic E-state index is 12.2. The summed E-state index contributed by atoms with van der Waals surface area (Å²) in [6.07, 6.45) is 4.34. The topological polar surface area (TPSA) is 69.2 Å². The number of hydrogen-bond donors (Lipinski definition) is 0. The average molecular weight is 374 g/mol. The van der Waals surface area contributed by atoms with Crippen LogP contribution in [0.3, 0.4) is 0 Å². The summed E-state index contributed by atoms with van der Waals surface area (Å²) in [5, 5.41) is 0. The number of ketones is 1. The zero-order valence-electron chi connectivity index (χ0n) is 16.2. The second kappa shape index (κ2) is 8.13. The second-order valence-corrected chi connectivity index (χ2v) is 7.48. The van der Waals surface area contributed by atoms with Crippen molar-refractivity contribution >= 4 is 28.9 Å². The molecule has 5 heteroatoms. The van der Waals surface area contributed by atoms with Crippen LogP contribution >= 0.6 is 0 Å². The molecular weight excluding hydrogens is 352 g/mol. The number of ether oxygens (including phenoxy) is 1. The van der Waals surface area contributed by atoms with E-state index in [-0.39, 0.29) is 17.8 Å². The van der Waals surface area contributed by atoms with Crippen molar-refractivity contribution in [2.45, 2.75) is 26.2 Å². The summed E-state index contributed by atoms with van der Waals surface area (Å²) in [5.74, 6) is -0.845. The van der Waals surface area contributed by atoms with Crippen LogP contribution < -0.4 is 0 Å². The maximum atomic E-state index is 12.2. The highest BCUT2D eigenvalue weighted by Crippen LogP contribution is 2.22. The third-order valence-corrected chi connectivity index (χ3v) is 4.28. The zero-order chi connectivity index (χ0) is 20.1. The van der Waals surface area contributed by atoms with E-state index in [1.54, 1.807) is 18.3 Å². The Bertz CT molecular complexity index is 1030. The average Bonchev–Trinajstić information content (AvgIpc) is 2.69. The molecule has 0 fully saturated rings. The van der Waals surface area contributed by atoms with Crippen molar-refractivity contribution in [3.8, 4) is 0 Å². The molecule has 0 saturated heterocycles. The third kappa shape index (κ3) is 4.88. The molecule has 0 bridgehead atoms. The summed E-state index contributed by atoms with van der Waals surface area (Å²) < 4.78 is 5.04. The molecule has 2 aromatic carbocycles. The lowest BCUT2D eigenvalue weighted by atomic mass is 9.86. The molecule has 0 radical (unpaired) electrons. The molecule has 5 nitrogen and oxygen atoms in total. The molecule has 3 rings (SSSR count). The summed E-state index contributed by atoms with van der Waals surface area (Å²) in [4.78, 5) is 32.8. The number of carbonyl (C=O) groups is 2. The minimum atomic E-state index is -0.602. The minimum Gasteiger partial charge on any atom is -0.454 e. The van der Waals surface area contributed by atoms with Gasteiger partial charge in [-0.05, 0) is 29.2 Å². The number of esters is 1. The molecule has 1 aromatic heterocycles. The van der Waals surface area contributed by atoms with Crippen LogP contribution in [0, 0.1) is 0 Å². The van der Waals surface area contributed by atoms with Gasteiger partial charge in [-0.1, -0.05) is 57.2 Å². The van der Waals surface area contributed by atoms with Gasteiger partial charge in [0.05, 0.1) is 22.9 Å². The first-order chi connectivity index (χ1) is 13.3. The fourth-order valence-electron chi connectivity index (χ4n) is 2.63. The van der Waals surface area contributed by atoms with Crippen molar-refractivity contribution in [2.24, 2.45) is 0 Å². The number of carbonyl (C=O) groups excluding carboxylic acids is 2. The largest absolute Gasteiger partial charge is 0.454 e. The van der Waals surface area contributed by atoms with Crippen LogP contribution in [0.2, 0.25) is 0 Å². The SMILES string of the molecule is CC(C)(C)c1ccc(C(=O)COC(=O)/C=C/c2cnc3ccccc3n2)cc1. The number of nitrogens with zero attached hydrogens (tertiary/aromatic N) is 2. The smallest absolute Gasteiger partial charge is 0.331 e. The van der Waals surface area contributed by atoms with E-state index >= 15 is 0 Å². The molecule has 28 heavy (non-hydrogen) atoms. The molecule has 0 saturated carbocycles. The normalized spacial score (nSPS) is 11.7. The monoisotopic (exact) mass is 374 g/mol. The lowest BCUT2D eigenvalue weighted by Gasteiger charge is -2.18. The molecule has 1 heterocycles. The summed E-state index contributed by atoms with van der Waals surface area (Å²) in [6, 6.07) is 14.8. The van der Waals surface area contributed by atoms with E-state index in [0.717, 1.165) is 16.6 Å². The van der Waals surface area contributed by atoms with Crippen molar-refractivity contribution in [2.75, 3.05) is 6.61 Å². The number of hydrogen-bond acceptors (Lipinski definition) is 5. The summed E-state index contributed by atoms with van der Waals surface area (Å²) >= 11 is 0. The first-order valence-electron chi connectivity index (χ1n) is 9.03. The second-order valence-electron chi connectivity index (χ2n) is 7.48. The number of aromatic nitrogens is 2. The maximum Gasteiger partial charge on any atom is 0.331 e. The van der Waals surface area contributed by atoms with Gasteiger partial charge in [-0.2, -0.15) is 0 Å². The van der Waals surface area contributed by atoms with E-state index < -0.39 is 5.97 Å². The standard InChI is InChI=1S/C23H22N2O3/c1-23(2,3)17-10-8-16(9-11-17)21(26)15-28-22(27)13-12-18-14-24-19-6-4-5-7-20(19)25-18/h4-14H,15H2,1-3H3/b13-12+. The molecule has 0 N–H and O–H groups in total. The Hall–Kier alpha value is -3.34. The Kier molecular flexibility index (Phi) is 5.64. The molecule has 0 aliphatic rings. The fraction of sp³-hybridized carbons (Fsp3) is 0.217. The van der Waals surface area contributed by atoms with Crippen LogP contribution in [0.1, 0.15) is 42.4 Å². The van der Waals surface area contributed by atoms with Gasteiger partial charge in [0, 0.05) is 11.6 Å². The molecule has 3 aromatic rings. The Morgan fingerprint density at radius 3 is 2.36 bits per heavy atom. The molecule has 0 unspecified atom stereocenters. The molecule has 0 amide bonds. The van der Waals surface area contributed by atoms with E-state index in [0.29, 0.717) is 11.3 Å². The van der Waals surface area contributed by atoms with Crippen LogP contribution in [0.5, 0.6) is 0 Å². The lowest BCUT2D eigenvalue weighted by Crippen LogP contribution is -2.14. The highest BCUT2D eigenvalue weighted by atomic mass is 16.5. The van der Waals surface area contributed by atoms with E-state index in [1.807, 2.05) is 36.4 Å². The molecule has 0 spiro atoms. The lowest BCUT2D eigenvalue weighted by molar-refractivity contribution is -0.136. The van der Waals surface area contributed by atoms with Crippen molar-refractivity contribution in [3.63, 3.8) is 0 Å². The molecule has 142 valence electrons. The molecule has 0 aliphatic carbocycles. The van der Waals surface area contributed by atoms with Crippen LogP contribution in [0.15, 0.2) is 60.8 Å². The number of fused-ring (bicyclic) bond motifs is 1. The zero-order valence-corrected chi connectivity index (χ0v) is 16.2. The van der Waals surface area contributed by atoms with Gasteiger partial charge in [0.15, 0.2) is 12.4 Å². The van der Waals surface area contributed by atoms with Crippen LogP contribution in [-0.4, -0.2) is 28.3 Å². The summed E-state index contributed by atoms with van der Waals surface area (Å²) in [6.45, 7) is 6.02. The third-order valence-electron chi connectivity index (χ3n) is 4.28.